The van der Waals surface area contributed by atoms with Gasteiger partial charge in [0.15, 0.2) is 0 Å². The van der Waals surface area contributed by atoms with Crippen molar-refractivity contribution in [1.29, 1.82) is 5.26 Å². The van der Waals surface area contributed by atoms with Gasteiger partial charge in [0.05, 0.1) is 10.9 Å². The second-order valence-corrected chi connectivity index (χ2v) is 6.66. The molecule has 1 aliphatic rings. The first-order valence-electron chi connectivity index (χ1n) is 8.48. The molecule has 0 atom stereocenters. The van der Waals surface area contributed by atoms with Crippen LogP contribution in [0.25, 0.3) is 27.9 Å². The van der Waals surface area contributed by atoms with Crippen molar-refractivity contribution < 1.29 is 4.74 Å². The Labute approximate surface area is 153 Å². The van der Waals surface area contributed by atoms with E-state index < -0.39 is 5.60 Å². The summed E-state index contributed by atoms with van der Waals surface area (Å²) in [6.45, 7) is 0. The molecule has 9 heteroatoms. The lowest BCUT2D eigenvalue weighted by molar-refractivity contribution is 0.0755. The molecule has 9 nitrogen and oxygen atoms in total. The highest BCUT2D eigenvalue weighted by atomic mass is 16.5. The van der Waals surface area contributed by atoms with E-state index >= 15 is 0 Å². The van der Waals surface area contributed by atoms with Crippen molar-refractivity contribution in [3.8, 4) is 17.6 Å². The van der Waals surface area contributed by atoms with E-state index in [2.05, 4.69) is 15.3 Å². The Balaban J connectivity index is 1.91. The van der Waals surface area contributed by atoms with Crippen LogP contribution in [-0.4, -0.2) is 36.1 Å². The molecule has 27 heavy (non-hydrogen) atoms. The molecule has 1 saturated carbocycles. The maximum absolute atomic E-state index is 12.9. The number of aromatic nitrogens is 6. The third-order valence-corrected chi connectivity index (χ3v) is 5.27. The number of imidazole rings is 1. The first-order valence-corrected chi connectivity index (χ1v) is 8.48. The average molecular weight is 361 g/mol. The van der Waals surface area contributed by atoms with Crippen molar-refractivity contribution in [2.24, 2.45) is 7.05 Å². The second kappa shape index (κ2) is 5.25. The zero-order chi connectivity index (χ0) is 18.8. The van der Waals surface area contributed by atoms with Gasteiger partial charge in [0.2, 0.25) is 6.19 Å². The lowest BCUT2D eigenvalue weighted by atomic mass is 10.1. The number of benzene rings is 1. The molecule has 0 unspecified atom stereocenters. The van der Waals surface area contributed by atoms with E-state index in [9.17, 15) is 10.1 Å². The Hall–Kier alpha value is -3.51. The molecular formula is C18H15N7O2. The van der Waals surface area contributed by atoms with Gasteiger partial charge in [-0.05, 0) is 25.0 Å². The van der Waals surface area contributed by atoms with Gasteiger partial charge in [-0.25, -0.2) is 4.98 Å². The highest BCUT2D eigenvalue weighted by molar-refractivity contribution is 5.85. The number of nitrogens with zero attached hydrogens (tertiary/aromatic N) is 7. The molecular weight excluding hydrogens is 346 g/mol. The van der Waals surface area contributed by atoms with Crippen LogP contribution in [0.15, 0.2) is 35.4 Å². The molecule has 134 valence electrons. The van der Waals surface area contributed by atoms with Crippen molar-refractivity contribution >= 4 is 16.6 Å². The maximum atomic E-state index is 12.9. The van der Waals surface area contributed by atoms with Gasteiger partial charge in [-0.3, -0.25) is 13.8 Å². The van der Waals surface area contributed by atoms with Gasteiger partial charge in [-0.15, -0.1) is 9.78 Å². The third-order valence-electron chi connectivity index (χ3n) is 5.27. The molecule has 0 amide bonds. The Morgan fingerprint density at radius 1 is 1.30 bits per heavy atom. The lowest BCUT2D eigenvalue weighted by Gasteiger charge is -2.12. The maximum Gasteiger partial charge on any atom is 0.261 e. The van der Waals surface area contributed by atoms with Crippen molar-refractivity contribution in [3.05, 3.63) is 46.6 Å². The van der Waals surface area contributed by atoms with Gasteiger partial charge < -0.3 is 4.74 Å². The molecule has 0 aliphatic heterocycles. The fraction of sp³-hybridized carbons (Fsp3) is 0.278. The molecule has 1 aromatic carbocycles. The third kappa shape index (κ3) is 1.96. The van der Waals surface area contributed by atoms with Gasteiger partial charge in [0.1, 0.15) is 34.7 Å². The van der Waals surface area contributed by atoms with Crippen LogP contribution in [0, 0.1) is 11.5 Å². The minimum atomic E-state index is -0.546. The molecule has 4 aromatic rings. The highest BCUT2D eigenvalue weighted by Crippen LogP contribution is 2.50. The molecule has 0 N–H and O–H groups in total. The molecule has 0 bridgehead atoms. The largest absolute Gasteiger partial charge is 0.372 e. The summed E-state index contributed by atoms with van der Waals surface area (Å²) in [5.41, 5.74) is 2.16. The van der Waals surface area contributed by atoms with Crippen molar-refractivity contribution in [1.82, 2.24) is 28.9 Å². The van der Waals surface area contributed by atoms with E-state index in [1.807, 2.05) is 28.8 Å². The summed E-state index contributed by atoms with van der Waals surface area (Å²) >= 11 is 0. The van der Waals surface area contributed by atoms with E-state index in [4.69, 9.17) is 4.74 Å². The number of rotatable bonds is 3. The zero-order valence-corrected chi connectivity index (χ0v) is 14.7. The lowest BCUT2D eigenvalue weighted by Crippen LogP contribution is -2.20. The number of hydrogen-bond acceptors (Lipinski definition) is 6. The number of nitriles is 1. The molecule has 3 heterocycles. The SMILES string of the molecule is COC1(c2nnn(C#N)c2-c2ncn3c4ccccc4c(=O)n(C)c23)CC1. The van der Waals surface area contributed by atoms with Crippen molar-refractivity contribution in [2.45, 2.75) is 18.4 Å². The zero-order valence-electron chi connectivity index (χ0n) is 14.7. The van der Waals surface area contributed by atoms with Crippen LogP contribution in [0.5, 0.6) is 0 Å². The molecule has 0 spiro atoms. The summed E-state index contributed by atoms with van der Waals surface area (Å²) < 4.78 is 10.2. The van der Waals surface area contributed by atoms with Crippen molar-refractivity contribution in [2.75, 3.05) is 7.11 Å². The first kappa shape index (κ1) is 15.7. The van der Waals surface area contributed by atoms with E-state index in [0.29, 0.717) is 28.1 Å². The first-order chi connectivity index (χ1) is 13.1. The topological polar surface area (TPSA) is 103 Å². The summed E-state index contributed by atoms with van der Waals surface area (Å²) in [5, 5.41) is 18.3. The molecule has 1 aliphatic carbocycles. The van der Waals surface area contributed by atoms with Crippen LogP contribution in [0.4, 0.5) is 0 Å². The standard InChI is InChI=1S/C18H15N7O2/c1-23-16-13(14-15(18(27-2)7-8-18)21-22-25(14)9-19)20-10-24(16)12-6-4-3-5-11(12)17(23)26/h3-6,10H,7-8H2,1-2H3. The molecule has 5 rings (SSSR count). The number of hydrogen-bond donors (Lipinski definition) is 0. The molecule has 0 radical (unpaired) electrons. The van der Waals surface area contributed by atoms with Gasteiger partial charge in [-0.1, -0.05) is 17.3 Å². The van der Waals surface area contributed by atoms with Crippen LogP contribution in [0.2, 0.25) is 0 Å². The number of para-hydroxylation sites is 1. The average Bonchev–Trinajstić information content (AvgIpc) is 3.18. The van der Waals surface area contributed by atoms with Gasteiger partial charge in [-0.2, -0.15) is 5.26 Å². The van der Waals surface area contributed by atoms with Gasteiger partial charge >= 0.3 is 0 Å². The Morgan fingerprint density at radius 3 is 2.78 bits per heavy atom. The fourth-order valence-corrected chi connectivity index (χ4v) is 3.67. The molecule has 1 fully saturated rings. The molecule has 0 saturated heterocycles. The smallest absolute Gasteiger partial charge is 0.261 e. The van der Waals surface area contributed by atoms with Crippen LogP contribution >= 0.6 is 0 Å². The normalized spacial score (nSPS) is 15.3. The Kier molecular flexibility index (Phi) is 3.06. The summed E-state index contributed by atoms with van der Waals surface area (Å²) in [6.07, 6.45) is 5.26. The van der Waals surface area contributed by atoms with Crippen LogP contribution in [0.1, 0.15) is 18.5 Å². The number of ether oxygens (including phenoxy) is 1. The monoisotopic (exact) mass is 361 g/mol. The summed E-state index contributed by atoms with van der Waals surface area (Å²) in [6, 6.07) is 7.36. The number of fused-ring (bicyclic) bond motifs is 3. The van der Waals surface area contributed by atoms with Gasteiger partial charge in [0.25, 0.3) is 5.56 Å². The van der Waals surface area contributed by atoms with E-state index in [0.717, 1.165) is 23.0 Å². The van der Waals surface area contributed by atoms with Crippen LogP contribution < -0.4 is 5.56 Å². The van der Waals surface area contributed by atoms with Crippen molar-refractivity contribution in [3.63, 3.8) is 0 Å². The van der Waals surface area contributed by atoms with Gasteiger partial charge in [0, 0.05) is 14.2 Å². The van der Waals surface area contributed by atoms with E-state index in [1.165, 1.54) is 4.57 Å². The predicted octanol–water partition coefficient (Wildman–Crippen LogP) is 1.41. The van der Waals surface area contributed by atoms with Crippen LogP contribution in [-0.2, 0) is 17.4 Å². The number of methoxy groups -OCH3 is 1. The molecule has 3 aromatic heterocycles. The Bertz CT molecular complexity index is 1320. The highest BCUT2D eigenvalue weighted by Gasteiger charge is 2.50. The Morgan fingerprint density at radius 2 is 2.07 bits per heavy atom. The van der Waals surface area contributed by atoms with Crippen LogP contribution in [0.3, 0.4) is 0 Å². The van der Waals surface area contributed by atoms with E-state index in [-0.39, 0.29) is 5.56 Å². The quantitative estimate of drug-likeness (QED) is 0.547. The predicted molar refractivity (Wildman–Crippen MR) is 95.9 cm³/mol. The summed E-state index contributed by atoms with van der Waals surface area (Å²) in [5.74, 6) is 0. The minimum Gasteiger partial charge on any atom is -0.372 e. The fourth-order valence-electron chi connectivity index (χ4n) is 3.67. The summed E-state index contributed by atoms with van der Waals surface area (Å²) in [7, 11) is 3.31. The van der Waals surface area contributed by atoms with E-state index in [1.54, 1.807) is 26.6 Å². The summed E-state index contributed by atoms with van der Waals surface area (Å²) in [4.78, 5) is 17.4. The number of aryl methyl sites for hydroxylation is 1. The second-order valence-electron chi connectivity index (χ2n) is 6.66. The minimum absolute atomic E-state index is 0.134.